The lowest BCUT2D eigenvalue weighted by molar-refractivity contribution is 0.0931. The summed E-state index contributed by atoms with van der Waals surface area (Å²) < 4.78 is 30.0. The minimum Gasteiger partial charge on any atom is -0.497 e. The fourth-order valence-corrected chi connectivity index (χ4v) is 2.89. The van der Waals surface area contributed by atoms with Gasteiger partial charge in [-0.1, -0.05) is 12.1 Å². The number of hydrogen-bond acceptors (Lipinski definition) is 4. The first-order valence-corrected chi connectivity index (χ1v) is 8.02. The van der Waals surface area contributed by atoms with Gasteiger partial charge in [-0.15, -0.1) is 0 Å². The highest BCUT2D eigenvalue weighted by atomic mass is 19.1. The topological polar surface area (TPSA) is 56.8 Å². The summed E-state index contributed by atoms with van der Waals surface area (Å²) >= 11 is 0. The molecule has 132 valence electrons. The van der Waals surface area contributed by atoms with E-state index in [0.29, 0.717) is 13.2 Å². The van der Waals surface area contributed by atoms with Crippen molar-refractivity contribution in [1.82, 2.24) is 5.32 Å². The third kappa shape index (κ3) is 3.68. The van der Waals surface area contributed by atoms with Crippen LogP contribution in [0.2, 0.25) is 0 Å². The standard InChI is InChI=1S/C19H20FNO4/c1-23-14-7-6-13-8-12(11-25-17(13)9-14)10-21-19(22)18-15(20)4-3-5-16(18)24-2/h3-7,9,12H,8,10-11H2,1-2H3,(H,21,22)/t12-/m1/s1. The lowest BCUT2D eigenvalue weighted by atomic mass is 9.96. The average molecular weight is 345 g/mol. The lowest BCUT2D eigenvalue weighted by Gasteiger charge is -2.26. The molecule has 3 rings (SSSR count). The van der Waals surface area contributed by atoms with Gasteiger partial charge in [-0.2, -0.15) is 0 Å². The molecule has 0 aromatic heterocycles. The Morgan fingerprint density at radius 3 is 2.88 bits per heavy atom. The molecule has 0 aliphatic carbocycles. The lowest BCUT2D eigenvalue weighted by Crippen LogP contribution is -2.35. The number of carbonyl (C=O) groups is 1. The molecule has 1 atom stereocenters. The number of nitrogens with one attached hydrogen (secondary N) is 1. The van der Waals surface area contributed by atoms with Gasteiger partial charge in [0.15, 0.2) is 0 Å². The maximum Gasteiger partial charge on any atom is 0.258 e. The quantitative estimate of drug-likeness (QED) is 0.905. The number of hydrogen-bond donors (Lipinski definition) is 1. The predicted octanol–water partition coefficient (Wildman–Crippen LogP) is 2.82. The van der Waals surface area contributed by atoms with Crippen LogP contribution in [0.5, 0.6) is 17.2 Å². The Balaban J connectivity index is 1.64. The highest BCUT2D eigenvalue weighted by molar-refractivity contribution is 5.97. The Morgan fingerprint density at radius 1 is 1.28 bits per heavy atom. The van der Waals surface area contributed by atoms with Crippen molar-refractivity contribution in [1.29, 1.82) is 0 Å². The first-order valence-electron chi connectivity index (χ1n) is 8.02. The van der Waals surface area contributed by atoms with Crippen molar-refractivity contribution in [2.24, 2.45) is 5.92 Å². The molecule has 1 amide bonds. The number of halogens is 1. The molecule has 1 N–H and O–H groups in total. The summed E-state index contributed by atoms with van der Waals surface area (Å²) in [4.78, 5) is 12.3. The van der Waals surface area contributed by atoms with Gasteiger partial charge in [-0.25, -0.2) is 4.39 Å². The maximum absolute atomic E-state index is 13.9. The molecule has 5 nitrogen and oxygen atoms in total. The van der Waals surface area contributed by atoms with E-state index >= 15 is 0 Å². The molecular weight excluding hydrogens is 325 g/mol. The van der Waals surface area contributed by atoms with Crippen LogP contribution in [0.4, 0.5) is 4.39 Å². The van der Waals surface area contributed by atoms with Gasteiger partial charge in [0.2, 0.25) is 0 Å². The highest BCUT2D eigenvalue weighted by Gasteiger charge is 2.23. The molecule has 25 heavy (non-hydrogen) atoms. The fourth-order valence-electron chi connectivity index (χ4n) is 2.89. The van der Waals surface area contributed by atoms with Gasteiger partial charge in [0.25, 0.3) is 5.91 Å². The highest BCUT2D eigenvalue weighted by Crippen LogP contribution is 2.31. The molecule has 0 radical (unpaired) electrons. The van der Waals surface area contributed by atoms with Gasteiger partial charge >= 0.3 is 0 Å². The van der Waals surface area contributed by atoms with Gasteiger partial charge in [0, 0.05) is 18.5 Å². The average Bonchev–Trinajstić information content (AvgIpc) is 2.65. The molecule has 2 aromatic rings. The van der Waals surface area contributed by atoms with Crippen molar-refractivity contribution in [3.63, 3.8) is 0 Å². The second-order valence-corrected chi connectivity index (χ2v) is 5.88. The van der Waals surface area contributed by atoms with E-state index in [2.05, 4.69) is 5.32 Å². The van der Waals surface area contributed by atoms with Gasteiger partial charge in [-0.05, 0) is 30.2 Å². The molecule has 1 heterocycles. The second-order valence-electron chi connectivity index (χ2n) is 5.88. The van der Waals surface area contributed by atoms with Crippen molar-refractivity contribution >= 4 is 5.91 Å². The van der Waals surface area contributed by atoms with Crippen LogP contribution in [-0.2, 0) is 6.42 Å². The SMILES string of the molecule is COc1ccc2c(c1)OC[C@@H](CNC(=O)c1c(F)cccc1OC)C2. The molecule has 1 aliphatic heterocycles. The van der Waals surface area contributed by atoms with E-state index in [-0.39, 0.29) is 17.2 Å². The first kappa shape index (κ1) is 17.1. The molecule has 0 saturated carbocycles. The van der Waals surface area contributed by atoms with Crippen LogP contribution in [0.1, 0.15) is 15.9 Å². The molecule has 1 aliphatic rings. The summed E-state index contributed by atoms with van der Waals surface area (Å²) in [6, 6.07) is 10.0. The minimum absolute atomic E-state index is 0.0770. The molecule has 2 aromatic carbocycles. The summed E-state index contributed by atoms with van der Waals surface area (Å²) in [7, 11) is 3.02. The van der Waals surface area contributed by atoms with Crippen LogP contribution in [0, 0.1) is 11.7 Å². The Bertz CT molecular complexity index is 778. The van der Waals surface area contributed by atoms with E-state index < -0.39 is 11.7 Å². The number of methoxy groups -OCH3 is 2. The number of carbonyl (C=O) groups excluding carboxylic acids is 1. The third-order valence-electron chi connectivity index (χ3n) is 4.23. The molecule has 0 bridgehead atoms. The van der Waals surface area contributed by atoms with E-state index in [9.17, 15) is 9.18 Å². The first-order chi connectivity index (χ1) is 12.1. The normalized spacial score (nSPS) is 15.7. The van der Waals surface area contributed by atoms with Gasteiger partial charge in [0.1, 0.15) is 28.6 Å². The Morgan fingerprint density at radius 2 is 2.12 bits per heavy atom. The van der Waals surface area contributed by atoms with Gasteiger partial charge in [0.05, 0.1) is 20.8 Å². The van der Waals surface area contributed by atoms with Crippen LogP contribution in [0.25, 0.3) is 0 Å². The fraction of sp³-hybridized carbons (Fsp3) is 0.316. The van der Waals surface area contributed by atoms with Gasteiger partial charge < -0.3 is 19.5 Å². The van der Waals surface area contributed by atoms with Crippen LogP contribution in [0.15, 0.2) is 36.4 Å². The monoisotopic (exact) mass is 345 g/mol. The summed E-state index contributed by atoms with van der Waals surface area (Å²) in [5, 5.41) is 2.77. The molecule has 0 spiro atoms. The number of rotatable bonds is 5. The summed E-state index contributed by atoms with van der Waals surface area (Å²) in [5.74, 6) is 0.789. The van der Waals surface area contributed by atoms with Crippen LogP contribution < -0.4 is 19.5 Å². The minimum atomic E-state index is -0.603. The Labute approximate surface area is 145 Å². The van der Waals surface area contributed by atoms with Crippen molar-refractivity contribution in [3.8, 4) is 17.2 Å². The molecule has 0 fully saturated rings. The van der Waals surface area contributed by atoms with E-state index in [1.165, 1.54) is 19.2 Å². The second kappa shape index (κ2) is 7.42. The van der Waals surface area contributed by atoms with Crippen LogP contribution in [0.3, 0.4) is 0 Å². The zero-order valence-corrected chi connectivity index (χ0v) is 14.2. The zero-order valence-electron chi connectivity index (χ0n) is 14.2. The molecule has 0 unspecified atom stereocenters. The summed E-state index contributed by atoms with van der Waals surface area (Å²) in [6.07, 6.45) is 0.772. The Kier molecular flexibility index (Phi) is 5.07. The van der Waals surface area contributed by atoms with Crippen LogP contribution >= 0.6 is 0 Å². The zero-order chi connectivity index (χ0) is 17.8. The van der Waals surface area contributed by atoms with Crippen molar-refractivity contribution < 1.29 is 23.4 Å². The number of ether oxygens (including phenoxy) is 3. The van der Waals surface area contributed by atoms with Gasteiger partial charge in [-0.3, -0.25) is 4.79 Å². The third-order valence-corrected chi connectivity index (χ3v) is 4.23. The van der Waals surface area contributed by atoms with E-state index in [4.69, 9.17) is 14.2 Å². The smallest absolute Gasteiger partial charge is 0.258 e. The predicted molar refractivity (Wildman–Crippen MR) is 91.0 cm³/mol. The number of amides is 1. The van der Waals surface area contributed by atoms with Crippen molar-refractivity contribution in [3.05, 3.63) is 53.3 Å². The summed E-state index contributed by atoms with van der Waals surface area (Å²) in [6.45, 7) is 0.872. The largest absolute Gasteiger partial charge is 0.497 e. The molecule has 0 saturated heterocycles. The maximum atomic E-state index is 13.9. The van der Waals surface area contributed by atoms with Crippen molar-refractivity contribution in [2.45, 2.75) is 6.42 Å². The van der Waals surface area contributed by atoms with E-state index in [1.54, 1.807) is 13.2 Å². The molecule has 6 heteroatoms. The van der Waals surface area contributed by atoms with E-state index in [0.717, 1.165) is 23.5 Å². The molecular formula is C19H20FNO4. The Hall–Kier alpha value is -2.76. The summed E-state index contributed by atoms with van der Waals surface area (Å²) in [5.41, 5.74) is 0.988. The number of benzene rings is 2. The van der Waals surface area contributed by atoms with E-state index in [1.807, 2.05) is 18.2 Å². The van der Waals surface area contributed by atoms with Crippen LogP contribution in [-0.4, -0.2) is 33.3 Å². The van der Waals surface area contributed by atoms with Crippen molar-refractivity contribution in [2.75, 3.05) is 27.4 Å². The number of fused-ring (bicyclic) bond motifs is 1.